The van der Waals surface area contributed by atoms with Gasteiger partial charge < -0.3 is 14.5 Å². The van der Waals surface area contributed by atoms with Crippen molar-refractivity contribution in [3.05, 3.63) is 35.9 Å². The van der Waals surface area contributed by atoms with Crippen LogP contribution in [0.4, 0.5) is 0 Å². The molecule has 3 aliphatic rings. The van der Waals surface area contributed by atoms with Gasteiger partial charge in [-0.3, -0.25) is 9.59 Å². The van der Waals surface area contributed by atoms with E-state index in [2.05, 4.69) is 12.1 Å². The van der Waals surface area contributed by atoms with Gasteiger partial charge in [-0.2, -0.15) is 0 Å². The Balaban J connectivity index is 1.60. The van der Waals surface area contributed by atoms with E-state index in [4.69, 9.17) is 4.74 Å². The number of carbonyl (C=O) groups is 2. The third-order valence-electron chi connectivity index (χ3n) is 5.99. The molecule has 0 aromatic heterocycles. The van der Waals surface area contributed by atoms with E-state index in [0.717, 1.165) is 19.4 Å². The van der Waals surface area contributed by atoms with Gasteiger partial charge in [0.25, 0.3) is 0 Å². The quantitative estimate of drug-likeness (QED) is 0.827. The van der Waals surface area contributed by atoms with Gasteiger partial charge in [-0.05, 0) is 18.4 Å². The normalized spacial score (nSPS) is 33.0. The second kappa shape index (κ2) is 5.88. The zero-order valence-electron chi connectivity index (χ0n) is 14.1. The lowest BCUT2D eigenvalue weighted by molar-refractivity contribution is -0.137. The Bertz CT molecular complexity index is 641. The van der Waals surface area contributed by atoms with Gasteiger partial charge in [0.1, 0.15) is 0 Å². The molecule has 0 N–H and O–H groups in total. The fourth-order valence-corrected chi connectivity index (χ4v) is 4.64. The second-order valence-corrected chi connectivity index (χ2v) is 7.38. The number of hydrogen-bond donors (Lipinski definition) is 0. The third kappa shape index (κ3) is 2.34. The van der Waals surface area contributed by atoms with Gasteiger partial charge in [-0.1, -0.05) is 30.3 Å². The highest BCUT2D eigenvalue weighted by Crippen LogP contribution is 2.49. The molecule has 24 heavy (non-hydrogen) atoms. The maximum atomic E-state index is 13.0. The van der Waals surface area contributed by atoms with E-state index in [1.54, 1.807) is 0 Å². The standard InChI is InChI=1S/C19H24N2O3/c1-20-11-16(14-5-3-2-4-6-14)19(18(20)23)8-9-21(13-19)17(22)15-7-10-24-12-15/h2-6,15-16H,7-13H2,1H3/t15-,16-,19-/m1/s1. The van der Waals surface area contributed by atoms with Crippen LogP contribution in [0, 0.1) is 11.3 Å². The molecule has 0 saturated carbocycles. The van der Waals surface area contributed by atoms with Crippen LogP contribution in [0.3, 0.4) is 0 Å². The van der Waals surface area contributed by atoms with Crippen molar-refractivity contribution in [2.75, 3.05) is 39.9 Å². The maximum Gasteiger partial charge on any atom is 0.231 e. The van der Waals surface area contributed by atoms with E-state index < -0.39 is 5.41 Å². The molecule has 1 spiro atoms. The van der Waals surface area contributed by atoms with Crippen LogP contribution in [0.2, 0.25) is 0 Å². The Morgan fingerprint density at radius 1 is 1.29 bits per heavy atom. The first-order chi connectivity index (χ1) is 11.6. The average molecular weight is 328 g/mol. The molecule has 3 heterocycles. The SMILES string of the molecule is CN1C[C@H](c2ccccc2)[C@]2(CCN(C(=O)[C@@H]3CCOC3)C2)C1=O. The van der Waals surface area contributed by atoms with Crippen LogP contribution in [0.15, 0.2) is 30.3 Å². The van der Waals surface area contributed by atoms with Crippen LogP contribution in [0.1, 0.15) is 24.3 Å². The van der Waals surface area contributed by atoms with Gasteiger partial charge in [0.15, 0.2) is 0 Å². The van der Waals surface area contributed by atoms with Crippen molar-refractivity contribution in [2.24, 2.45) is 11.3 Å². The lowest BCUT2D eigenvalue weighted by Crippen LogP contribution is -2.41. The molecular formula is C19H24N2O3. The molecule has 3 saturated heterocycles. The molecule has 3 aliphatic heterocycles. The maximum absolute atomic E-state index is 13.0. The molecule has 1 aromatic rings. The smallest absolute Gasteiger partial charge is 0.231 e. The number of rotatable bonds is 2. The molecule has 3 fully saturated rings. The molecule has 0 radical (unpaired) electrons. The average Bonchev–Trinajstić information content (AvgIpc) is 3.33. The lowest BCUT2D eigenvalue weighted by atomic mass is 9.73. The second-order valence-electron chi connectivity index (χ2n) is 7.38. The number of nitrogens with zero attached hydrogens (tertiary/aromatic N) is 2. The Hall–Kier alpha value is -1.88. The van der Waals surface area contributed by atoms with Crippen LogP contribution in [-0.2, 0) is 14.3 Å². The molecule has 5 nitrogen and oxygen atoms in total. The number of carbonyl (C=O) groups excluding carboxylic acids is 2. The van der Waals surface area contributed by atoms with E-state index in [1.807, 2.05) is 35.0 Å². The van der Waals surface area contributed by atoms with Gasteiger partial charge in [-0.15, -0.1) is 0 Å². The Kier molecular flexibility index (Phi) is 3.83. The van der Waals surface area contributed by atoms with Crippen LogP contribution in [0.5, 0.6) is 0 Å². The van der Waals surface area contributed by atoms with Crippen molar-refractivity contribution < 1.29 is 14.3 Å². The molecule has 0 bridgehead atoms. The summed E-state index contributed by atoms with van der Waals surface area (Å²) in [4.78, 5) is 29.5. The minimum absolute atomic E-state index is 0.0236. The largest absolute Gasteiger partial charge is 0.381 e. The number of ether oxygens (including phenoxy) is 1. The highest BCUT2D eigenvalue weighted by Gasteiger charge is 2.57. The lowest BCUT2D eigenvalue weighted by Gasteiger charge is -2.29. The Labute approximate surface area is 142 Å². The summed E-state index contributed by atoms with van der Waals surface area (Å²) in [5.41, 5.74) is 0.749. The third-order valence-corrected chi connectivity index (χ3v) is 5.99. The number of likely N-dealkylation sites (N-methyl/N-ethyl adjacent to an activating group) is 1. The molecule has 0 aliphatic carbocycles. The number of hydrogen-bond acceptors (Lipinski definition) is 3. The fraction of sp³-hybridized carbons (Fsp3) is 0.579. The zero-order valence-corrected chi connectivity index (χ0v) is 14.1. The van der Waals surface area contributed by atoms with E-state index in [0.29, 0.717) is 26.3 Å². The molecular weight excluding hydrogens is 304 g/mol. The zero-order chi connectivity index (χ0) is 16.7. The van der Waals surface area contributed by atoms with Crippen molar-refractivity contribution in [1.29, 1.82) is 0 Å². The van der Waals surface area contributed by atoms with E-state index >= 15 is 0 Å². The van der Waals surface area contributed by atoms with Crippen molar-refractivity contribution in [3.8, 4) is 0 Å². The first-order valence-corrected chi connectivity index (χ1v) is 8.79. The monoisotopic (exact) mass is 328 g/mol. The van der Waals surface area contributed by atoms with E-state index in [-0.39, 0.29) is 23.7 Å². The molecule has 0 unspecified atom stereocenters. The number of benzene rings is 1. The number of amides is 2. The highest BCUT2D eigenvalue weighted by molar-refractivity contribution is 5.89. The van der Waals surface area contributed by atoms with Gasteiger partial charge in [0, 0.05) is 39.2 Å². The first kappa shape index (κ1) is 15.6. The van der Waals surface area contributed by atoms with Crippen LogP contribution in [-0.4, -0.2) is 61.5 Å². The van der Waals surface area contributed by atoms with Crippen LogP contribution in [0.25, 0.3) is 0 Å². The Morgan fingerprint density at radius 3 is 2.79 bits per heavy atom. The van der Waals surface area contributed by atoms with Crippen molar-refractivity contribution in [3.63, 3.8) is 0 Å². The first-order valence-electron chi connectivity index (χ1n) is 8.79. The van der Waals surface area contributed by atoms with Gasteiger partial charge >= 0.3 is 0 Å². The molecule has 3 atom stereocenters. The van der Waals surface area contributed by atoms with Crippen molar-refractivity contribution in [2.45, 2.75) is 18.8 Å². The minimum Gasteiger partial charge on any atom is -0.381 e. The highest BCUT2D eigenvalue weighted by atomic mass is 16.5. The topological polar surface area (TPSA) is 49.9 Å². The van der Waals surface area contributed by atoms with Crippen LogP contribution < -0.4 is 0 Å². The summed E-state index contributed by atoms with van der Waals surface area (Å²) in [6, 6.07) is 10.3. The summed E-state index contributed by atoms with van der Waals surface area (Å²) in [5, 5.41) is 0. The molecule has 128 valence electrons. The van der Waals surface area contributed by atoms with Gasteiger partial charge in [0.2, 0.25) is 11.8 Å². The summed E-state index contributed by atoms with van der Waals surface area (Å²) in [6.07, 6.45) is 1.56. The molecule has 4 rings (SSSR count). The summed E-state index contributed by atoms with van der Waals surface area (Å²) < 4.78 is 5.36. The van der Waals surface area contributed by atoms with E-state index in [9.17, 15) is 9.59 Å². The predicted octanol–water partition coefficient (Wildman–Crippen LogP) is 1.50. The number of likely N-dealkylation sites (tertiary alicyclic amines) is 2. The molecule has 1 aromatic carbocycles. The summed E-state index contributed by atoms with van der Waals surface area (Å²) in [6.45, 7) is 3.16. The van der Waals surface area contributed by atoms with E-state index in [1.165, 1.54) is 5.56 Å². The van der Waals surface area contributed by atoms with Gasteiger partial charge in [-0.25, -0.2) is 0 Å². The van der Waals surface area contributed by atoms with Gasteiger partial charge in [0.05, 0.1) is 17.9 Å². The molecule has 5 heteroatoms. The van der Waals surface area contributed by atoms with Crippen LogP contribution >= 0.6 is 0 Å². The van der Waals surface area contributed by atoms with Crippen molar-refractivity contribution in [1.82, 2.24) is 9.80 Å². The van der Waals surface area contributed by atoms with Crippen molar-refractivity contribution >= 4 is 11.8 Å². The Morgan fingerprint density at radius 2 is 2.08 bits per heavy atom. The summed E-state index contributed by atoms with van der Waals surface area (Å²) in [5.74, 6) is 0.492. The summed E-state index contributed by atoms with van der Waals surface area (Å²) in [7, 11) is 1.88. The molecule has 2 amide bonds. The minimum atomic E-state index is -0.453. The fourth-order valence-electron chi connectivity index (χ4n) is 4.64. The predicted molar refractivity (Wildman–Crippen MR) is 89.4 cm³/mol. The summed E-state index contributed by atoms with van der Waals surface area (Å²) >= 11 is 0.